The third-order valence-corrected chi connectivity index (χ3v) is 0. The number of rotatable bonds is 0. The van der Waals surface area contributed by atoms with Gasteiger partial charge in [0.1, 0.15) is 0 Å². The van der Waals surface area contributed by atoms with Crippen molar-refractivity contribution in [1.29, 1.82) is 0 Å². The quantitative estimate of drug-likeness (QED) is 0.299. The first-order chi connectivity index (χ1) is 1.73. The van der Waals surface area contributed by atoms with Crippen molar-refractivity contribution in [3.8, 4) is 0 Å². The SMILES string of the molecule is O=S([O-])[O-].[Ca+2].[Mg+2]. The number of hydrogen-bond acceptors (Lipinski definition) is 3. The second-order valence-corrected chi connectivity index (χ2v) is 0.612. The fourth-order valence-electron chi connectivity index (χ4n) is 0. The Morgan fingerprint density at radius 3 is 1.33 bits per heavy atom. The zero-order valence-electron chi connectivity index (χ0n) is 3.05. The molecule has 0 aromatic carbocycles. The molecular weight excluding hydrogens is 144 g/mol. The van der Waals surface area contributed by atoms with Crippen molar-refractivity contribution in [3.05, 3.63) is 0 Å². The van der Waals surface area contributed by atoms with E-state index in [0.717, 1.165) is 0 Å². The van der Waals surface area contributed by atoms with E-state index in [1.165, 1.54) is 0 Å². The molecule has 26 valence electrons. The molecule has 0 atom stereocenters. The van der Waals surface area contributed by atoms with E-state index in [9.17, 15) is 0 Å². The summed E-state index contributed by atoms with van der Waals surface area (Å²) in [6, 6.07) is 0. The van der Waals surface area contributed by atoms with Gasteiger partial charge in [0.15, 0.2) is 0 Å². The van der Waals surface area contributed by atoms with E-state index >= 15 is 0 Å². The van der Waals surface area contributed by atoms with Crippen LogP contribution in [0.1, 0.15) is 0 Å². The molecule has 0 fully saturated rings. The maximum atomic E-state index is 8.44. The predicted octanol–water partition coefficient (Wildman–Crippen LogP) is -1.77. The Bertz CT molecular complexity index is 33.8. The fraction of sp³-hybridized carbons (Fsp3) is 0. The van der Waals surface area contributed by atoms with Gasteiger partial charge in [-0.1, -0.05) is 0 Å². The van der Waals surface area contributed by atoms with E-state index in [0.29, 0.717) is 0 Å². The predicted molar refractivity (Wildman–Crippen MR) is 21.2 cm³/mol. The van der Waals surface area contributed by atoms with Crippen LogP contribution in [0, 0.1) is 0 Å². The van der Waals surface area contributed by atoms with Gasteiger partial charge in [0.25, 0.3) is 0 Å². The van der Waals surface area contributed by atoms with Gasteiger partial charge in [-0.3, -0.25) is 4.21 Å². The van der Waals surface area contributed by atoms with E-state index in [1.54, 1.807) is 0 Å². The molecule has 0 heterocycles. The molecule has 0 radical (unpaired) electrons. The summed E-state index contributed by atoms with van der Waals surface area (Å²) in [7, 11) is 0. The second-order valence-electron chi connectivity index (χ2n) is 0.204. The summed E-state index contributed by atoms with van der Waals surface area (Å²) in [5.41, 5.74) is 0. The summed E-state index contributed by atoms with van der Waals surface area (Å²) < 4.78 is 25.3. The van der Waals surface area contributed by atoms with Crippen LogP contribution in [-0.4, -0.2) is 74.1 Å². The second kappa shape index (κ2) is 10.2. The fourth-order valence-corrected chi connectivity index (χ4v) is 0. The van der Waals surface area contributed by atoms with Crippen molar-refractivity contribution in [2.24, 2.45) is 0 Å². The van der Waals surface area contributed by atoms with E-state index in [-0.39, 0.29) is 60.8 Å². The Morgan fingerprint density at radius 1 is 1.33 bits per heavy atom. The first kappa shape index (κ1) is 15.7. The molecule has 0 aliphatic heterocycles. The molecule has 0 aromatic heterocycles. The molecule has 3 nitrogen and oxygen atoms in total. The minimum Gasteiger partial charge on any atom is -0.784 e. The molecule has 0 aliphatic rings. The first-order valence-corrected chi connectivity index (χ1v) is 1.50. The largest absolute Gasteiger partial charge is 2.00 e. The Hall–Kier alpha value is 2.10. The van der Waals surface area contributed by atoms with Crippen LogP contribution < -0.4 is 0 Å². The Balaban J connectivity index is -0.0000000450. The van der Waals surface area contributed by atoms with Gasteiger partial charge in [0.2, 0.25) is 0 Å². The van der Waals surface area contributed by atoms with Crippen molar-refractivity contribution in [1.82, 2.24) is 0 Å². The van der Waals surface area contributed by atoms with Crippen LogP contribution in [0.15, 0.2) is 0 Å². The molecule has 0 spiro atoms. The van der Waals surface area contributed by atoms with Crippen LogP contribution in [0.25, 0.3) is 0 Å². The van der Waals surface area contributed by atoms with Crippen molar-refractivity contribution in [3.63, 3.8) is 0 Å². The summed E-state index contributed by atoms with van der Waals surface area (Å²) >= 11 is -3.11. The first-order valence-electron chi connectivity index (χ1n) is 0.500. The van der Waals surface area contributed by atoms with Gasteiger partial charge in [-0.2, -0.15) is 0 Å². The third-order valence-electron chi connectivity index (χ3n) is 0. The standard InChI is InChI=1S/Ca.Mg.H2O3S/c;;1-4(2)3/h;;(H2,1,2,3)/q2*+2;/p-2. The van der Waals surface area contributed by atoms with Crippen molar-refractivity contribution in [2.45, 2.75) is 0 Å². The summed E-state index contributed by atoms with van der Waals surface area (Å²) in [5, 5.41) is 0. The van der Waals surface area contributed by atoms with Crippen molar-refractivity contribution >= 4 is 72.2 Å². The van der Waals surface area contributed by atoms with Crippen LogP contribution in [0.5, 0.6) is 0 Å². The molecule has 0 aromatic rings. The van der Waals surface area contributed by atoms with Crippen LogP contribution in [0.3, 0.4) is 0 Å². The summed E-state index contributed by atoms with van der Waals surface area (Å²) in [4.78, 5) is 0. The van der Waals surface area contributed by atoms with Gasteiger partial charge in [0.05, 0.1) is 0 Å². The molecule has 0 saturated carbocycles. The molecule has 0 amide bonds. The average molecular weight is 144 g/mol. The molecule has 0 N–H and O–H groups in total. The maximum Gasteiger partial charge on any atom is 2.00 e. The van der Waals surface area contributed by atoms with Crippen LogP contribution in [-0.2, 0) is 11.4 Å². The minimum absolute atomic E-state index is 0. The smallest absolute Gasteiger partial charge is 0.784 e. The average Bonchev–Trinajstić information content (AvgIpc) is 0.811. The Kier molecular flexibility index (Phi) is 26.6. The Labute approximate surface area is 84.1 Å². The normalized spacial score (nSPS) is 5.83. The summed E-state index contributed by atoms with van der Waals surface area (Å²) in [6.07, 6.45) is 0. The zero-order valence-corrected chi connectivity index (χ0v) is 7.49. The van der Waals surface area contributed by atoms with Crippen molar-refractivity contribution < 1.29 is 13.3 Å². The molecule has 0 aliphatic carbocycles. The van der Waals surface area contributed by atoms with Gasteiger partial charge < -0.3 is 9.11 Å². The molecule has 6 heteroatoms. The van der Waals surface area contributed by atoms with Gasteiger partial charge in [-0.25, -0.2) is 0 Å². The van der Waals surface area contributed by atoms with E-state index < -0.39 is 11.4 Å². The maximum absolute atomic E-state index is 8.44. The molecule has 0 bridgehead atoms. The third kappa shape index (κ3) is 36.0. The minimum atomic E-state index is -3.11. The molecular formula is CaMgO3S+2. The van der Waals surface area contributed by atoms with E-state index in [4.69, 9.17) is 13.3 Å². The molecule has 6 heavy (non-hydrogen) atoms. The van der Waals surface area contributed by atoms with Gasteiger partial charge in [-0.15, -0.1) is 11.4 Å². The summed E-state index contributed by atoms with van der Waals surface area (Å²) in [5.74, 6) is 0. The van der Waals surface area contributed by atoms with Crippen LogP contribution in [0.4, 0.5) is 0 Å². The zero-order chi connectivity index (χ0) is 3.58. The van der Waals surface area contributed by atoms with E-state index in [2.05, 4.69) is 0 Å². The molecule has 0 unspecified atom stereocenters. The van der Waals surface area contributed by atoms with Crippen LogP contribution in [0.2, 0.25) is 0 Å². The topological polar surface area (TPSA) is 63.2 Å². The van der Waals surface area contributed by atoms with Gasteiger partial charge in [-0.05, 0) is 0 Å². The molecule has 0 saturated heterocycles. The van der Waals surface area contributed by atoms with Gasteiger partial charge >= 0.3 is 60.8 Å². The van der Waals surface area contributed by atoms with Crippen molar-refractivity contribution in [2.75, 3.05) is 0 Å². The van der Waals surface area contributed by atoms with Gasteiger partial charge in [0, 0.05) is 0 Å². The number of hydrogen-bond donors (Lipinski definition) is 0. The van der Waals surface area contributed by atoms with E-state index in [1.807, 2.05) is 0 Å². The Morgan fingerprint density at radius 2 is 1.33 bits per heavy atom. The summed E-state index contributed by atoms with van der Waals surface area (Å²) in [6.45, 7) is 0. The van der Waals surface area contributed by atoms with Crippen LogP contribution >= 0.6 is 0 Å². The monoisotopic (exact) mass is 144 g/mol. The molecule has 0 rings (SSSR count).